The molecule has 0 spiro atoms. The largest absolute Gasteiger partial charge is 0.471 e. The molecule has 0 aliphatic rings. The van der Waals surface area contributed by atoms with Crippen LogP contribution in [0.3, 0.4) is 0 Å². The van der Waals surface area contributed by atoms with E-state index in [9.17, 15) is 19.0 Å². The molecule has 0 aliphatic carbocycles. The highest BCUT2D eigenvalue weighted by molar-refractivity contribution is 7.46. The Morgan fingerprint density at radius 1 is 0.703 bits per heavy atom. The van der Waals surface area contributed by atoms with Crippen molar-refractivity contribution in [3.8, 4) is 0 Å². The normalized spacial score (nSPS) is 14.0. The molecule has 6 N–H and O–H groups in total. The highest BCUT2D eigenvalue weighted by Crippen LogP contribution is 2.38. The first-order valence-corrected chi connectivity index (χ1v) is 16.9. The minimum absolute atomic E-state index is 0.0132. The first-order valence-electron chi connectivity index (χ1n) is 13.8. The van der Waals surface area contributed by atoms with Crippen LogP contribution in [0, 0.1) is 0 Å². The molecule has 0 aromatic rings. The standard InChI is InChI=1S/C24H51NO10P2/c1-2-3-4-5-6-7-9-12-15-18-22(26)21-23(27)25-24(35-37(31,32)33)19-16-13-10-8-11-14-17-20-34-36(28,29)30/h22,24,26H,2-21H2,1H3,(H,25,27)(H2,28,29,30)(H2,31,32,33)/t22-,24-/m1/s1. The van der Waals surface area contributed by atoms with Crippen molar-refractivity contribution in [3.63, 3.8) is 0 Å². The molecule has 222 valence electrons. The summed E-state index contributed by atoms with van der Waals surface area (Å²) in [5.41, 5.74) is 0. The quantitative estimate of drug-likeness (QED) is 0.0441. The van der Waals surface area contributed by atoms with Gasteiger partial charge in [0.15, 0.2) is 0 Å². The molecule has 0 saturated carbocycles. The summed E-state index contributed by atoms with van der Waals surface area (Å²) in [6.45, 7) is 2.21. The van der Waals surface area contributed by atoms with Crippen LogP contribution in [0.1, 0.15) is 129 Å². The fraction of sp³-hybridized carbons (Fsp3) is 0.958. The fourth-order valence-corrected chi connectivity index (χ4v) is 4.92. The summed E-state index contributed by atoms with van der Waals surface area (Å²) in [4.78, 5) is 47.8. The van der Waals surface area contributed by atoms with E-state index in [1.54, 1.807) is 0 Å². The van der Waals surface area contributed by atoms with Gasteiger partial charge in [-0.1, -0.05) is 96.8 Å². The Bertz CT molecular complexity index is 655. The zero-order valence-corrected chi connectivity index (χ0v) is 24.3. The molecule has 0 fully saturated rings. The molecule has 2 atom stereocenters. The molecule has 0 radical (unpaired) electrons. The summed E-state index contributed by atoms with van der Waals surface area (Å²) >= 11 is 0. The lowest BCUT2D eigenvalue weighted by Crippen LogP contribution is -2.38. The van der Waals surface area contributed by atoms with Gasteiger partial charge in [-0.2, -0.15) is 0 Å². The number of aliphatic hydroxyl groups is 1. The Morgan fingerprint density at radius 2 is 1.16 bits per heavy atom. The van der Waals surface area contributed by atoms with Crippen LogP contribution in [0.2, 0.25) is 0 Å². The third-order valence-electron chi connectivity index (χ3n) is 6.02. The summed E-state index contributed by atoms with van der Waals surface area (Å²) in [6, 6.07) is 0. The minimum atomic E-state index is -4.78. The van der Waals surface area contributed by atoms with Crippen molar-refractivity contribution in [1.29, 1.82) is 0 Å². The molecular weight excluding hydrogens is 524 g/mol. The Labute approximate surface area is 222 Å². The van der Waals surface area contributed by atoms with Gasteiger partial charge in [0, 0.05) is 0 Å². The number of nitrogens with one attached hydrogen (secondary N) is 1. The average molecular weight is 576 g/mol. The van der Waals surface area contributed by atoms with Crippen LogP contribution in [0.5, 0.6) is 0 Å². The Balaban J connectivity index is 4.02. The van der Waals surface area contributed by atoms with Crippen molar-refractivity contribution in [1.82, 2.24) is 5.32 Å². The van der Waals surface area contributed by atoms with Gasteiger partial charge in [-0.15, -0.1) is 0 Å². The van der Waals surface area contributed by atoms with Crippen molar-refractivity contribution in [3.05, 3.63) is 0 Å². The van der Waals surface area contributed by atoms with Crippen LogP contribution in [0.4, 0.5) is 0 Å². The van der Waals surface area contributed by atoms with Crippen LogP contribution < -0.4 is 5.32 Å². The Morgan fingerprint density at radius 3 is 1.65 bits per heavy atom. The van der Waals surface area contributed by atoms with Gasteiger partial charge in [0.25, 0.3) is 0 Å². The maximum absolute atomic E-state index is 12.3. The molecule has 11 nitrogen and oxygen atoms in total. The predicted octanol–water partition coefficient (Wildman–Crippen LogP) is 5.44. The topological polar surface area (TPSA) is 183 Å². The number of carbonyl (C=O) groups excluding carboxylic acids is 1. The van der Waals surface area contributed by atoms with Crippen LogP contribution in [-0.2, 0) is 23.0 Å². The molecule has 0 bridgehead atoms. The first-order chi connectivity index (χ1) is 17.4. The second kappa shape index (κ2) is 22.5. The number of rotatable bonds is 26. The summed E-state index contributed by atoms with van der Waals surface area (Å²) in [7, 11) is -9.19. The molecule has 0 unspecified atom stereocenters. The van der Waals surface area contributed by atoms with E-state index < -0.39 is 33.9 Å². The molecule has 0 aromatic heterocycles. The molecule has 0 aromatic carbocycles. The average Bonchev–Trinajstić information content (AvgIpc) is 2.77. The molecule has 0 rings (SSSR count). The van der Waals surface area contributed by atoms with E-state index in [0.29, 0.717) is 19.3 Å². The smallest absolute Gasteiger partial charge is 0.393 e. The number of carbonyl (C=O) groups is 1. The first kappa shape index (κ1) is 36.6. The Kier molecular flexibility index (Phi) is 22.3. The molecule has 13 heteroatoms. The molecular formula is C24H51NO10P2. The lowest BCUT2D eigenvalue weighted by atomic mass is 10.0. The lowest BCUT2D eigenvalue weighted by molar-refractivity contribution is -0.125. The number of phosphoric ester groups is 2. The predicted molar refractivity (Wildman–Crippen MR) is 142 cm³/mol. The van der Waals surface area contributed by atoms with Crippen molar-refractivity contribution in [2.75, 3.05) is 6.61 Å². The van der Waals surface area contributed by atoms with E-state index in [0.717, 1.165) is 51.4 Å². The van der Waals surface area contributed by atoms with Gasteiger partial charge >= 0.3 is 15.6 Å². The minimum Gasteiger partial charge on any atom is -0.393 e. The maximum atomic E-state index is 12.3. The SMILES string of the molecule is CCCCCCCCCCC[C@@H](O)CC(=O)N[C@@H](CCCCCCCCCOP(=O)(O)O)OP(=O)(O)O. The summed E-state index contributed by atoms with van der Waals surface area (Å²) in [6.07, 6.45) is 14.5. The number of phosphoric acid groups is 2. The van der Waals surface area contributed by atoms with Crippen molar-refractivity contribution in [2.45, 2.75) is 141 Å². The van der Waals surface area contributed by atoms with Crippen LogP contribution >= 0.6 is 15.6 Å². The summed E-state index contributed by atoms with van der Waals surface area (Å²) < 4.78 is 31.0. The zero-order valence-electron chi connectivity index (χ0n) is 22.5. The van der Waals surface area contributed by atoms with Crippen LogP contribution in [0.15, 0.2) is 0 Å². The van der Waals surface area contributed by atoms with E-state index in [1.807, 2.05) is 0 Å². The van der Waals surface area contributed by atoms with E-state index in [1.165, 1.54) is 38.5 Å². The van der Waals surface area contributed by atoms with E-state index in [2.05, 4.69) is 16.8 Å². The molecule has 0 heterocycles. The van der Waals surface area contributed by atoms with Gasteiger partial charge in [-0.3, -0.25) is 13.8 Å². The second-order valence-electron chi connectivity index (χ2n) is 9.71. The van der Waals surface area contributed by atoms with Crippen molar-refractivity contribution in [2.24, 2.45) is 0 Å². The molecule has 0 saturated heterocycles. The monoisotopic (exact) mass is 575 g/mol. The maximum Gasteiger partial charge on any atom is 0.471 e. The highest BCUT2D eigenvalue weighted by atomic mass is 31.2. The van der Waals surface area contributed by atoms with Gasteiger partial charge in [-0.25, -0.2) is 9.13 Å². The van der Waals surface area contributed by atoms with Crippen LogP contribution in [0.25, 0.3) is 0 Å². The molecule has 37 heavy (non-hydrogen) atoms. The number of hydrogen-bond acceptors (Lipinski definition) is 6. The third kappa shape index (κ3) is 28.5. The second-order valence-corrected chi connectivity index (χ2v) is 12.1. The number of aliphatic hydroxyl groups excluding tert-OH is 1. The van der Waals surface area contributed by atoms with Crippen molar-refractivity contribution >= 4 is 21.6 Å². The number of unbranched alkanes of at least 4 members (excludes halogenated alkanes) is 14. The zero-order chi connectivity index (χ0) is 28.0. The van der Waals surface area contributed by atoms with Crippen LogP contribution in [-0.4, -0.2) is 49.5 Å². The van der Waals surface area contributed by atoms with Crippen molar-refractivity contribution < 1.29 is 47.7 Å². The van der Waals surface area contributed by atoms with Gasteiger partial charge in [0.1, 0.15) is 6.23 Å². The van der Waals surface area contributed by atoms with E-state index in [-0.39, 0.29) is 19.4 Å². The lowest BCUT2D eigenvalue weighted by Gasteiger charge is -2.20. The van der Waals surface area contributed by atoms with Gasteiger partial charge in [0.05, 0.1) is 19.1 Å². The highest BCUT2D eigenvalue weighted by Gasteiger charge is 2.24. The summed E-state index contributed by atoms with van der Waals surface area (Å²) in [5.74, 6) is -0.501. The van der Waals surface area contributed by atoms with Gasteiger partial charge in [-0.05, 0) is 25.7 Å². The summed E-state index contributed by atoms with van der Waals surface area (Å²) in [5, 5.41) is 12.6. The third-order valence-corrected chi connectivity index (χ3v) is 7.07. The fourth-order valence-electron chi connectivity index (χ4n) is 4.06. The van der Waals surface area contributed by atoms with Gasteiger partial charge < -0.3 is 30.0 Å². The number of amides is 1. The number of hydrogen-bond donors (Lipinski definition) is 6. The van der Waals surface area contributed by atoms with E-state index in [4.69, 9.17) is 24.1 Å². The van der Waals surface area contributed by atoms with E-state index >= 15 is 0 Å². The Hall–Kier alpha value is -0.350. The molecule has 1 amide bonds. The molecule has 0 aliphatic heterocycles. The van der Waals surface area contributed by atoms with Gasteiger partial charge in [0.2, 0.25) is 5.91 Å².